The second-order valence-electron chi connectivity index (χ2n) is 11.3. The number of carbonyl (C=O) groups is 2. The first-order chi connectivity index (χ1) is 17.4. The minimum absolute atomic E-state index is 0.0634. The molecule has 4 fully saturated rings. The fourth-order valence-corrected chi connectivity index (χ4v) is 7.12. The Labute approximate surface area is 215 Å². The molecule has 3 atom stereocenters. The number of rotatable bonds is 2. The summed E-state index contributed by atoms with van der Waals surface area (Å²) >= 11 is 0. The van der Waals surface area contributed by atoms with E-state index in [-0.39, 0.29) is 30.2 Å². The second kappa shape index (κ2) is 10.3. The maximum absolute atomic E-state index is 12.8. The van der Waals surface area contributed by atoms with Crippen LogP contribution in [0.3, 0.4) is 0 Å². The van der Waals surface area contributed by atoms with Crippen LogP contribution in [0.15, 0.2) is 24.3 Å². The van der Waals surface area contributed by atoms with Crippen LogP contribution >= 0.6 is 0 Å². The highest BCUT2D eigenvalue weighted by atomic mass is 16.6. The van der Waals surface area contributed by atoms with Crippen molar-refractivity contribution in [2.24, 2.45) is 5.92 Å². The summed E-state index contributed by atoms with van der Waals surface area (Å²) in [4.78, 5) is 33.9. The number of likely N-dealkylation sites (tertiary alicyclic amines) is 1. The van der Waals surface area contributed by atoms with E-state index < -0.39 is 0 Å². The van der Waals surface area contributed by atoms with Crippen molar-refractivity contribution in [1.29, 1.82) is 0 Å². The lowest BCUT2D eigenvalue weighted by atomic mass is 9.67. The molecule has 6 rings (SSSR count). The number of amides is 3. The fraction of sp³-hybridized carbons (Fsp3) is 0.655. The van der Waals surface area contributed by atoms with Crippen LogP contribution in [-0.2, 0) is 10.2 Å². The predicted molar refractivity (Wildman–Crippen MR) is 141 cm³/mol. The van der Waals surface area contributed by atoms with Gasteiger partial charge < -0.3 is 19.4 Å². The summed E-state index contributed by atoms with van der Waals surface area (Å²) in [6.45, 7) is 5.70. The molecule has 4 heterocycles. The summed E-state index contributed by atoms with van der Waals surface area (Å²) in [7, 11) is 3.65. The molecule has 7 nitrogen and oxygen atoms in total. The molecule has 1 saturated carbocycles. The first kappa shape index (κ1) is 25.0. The molecule has 1 aromatic rings. The van der Waals surface area contributed by atoms with E-state index in [1.165, 1.54) is 18.4 Å². The molecule has 1 spiro atoms. The molecule has 7 heteroatoms. The van der Waals surface area contributed by atoms with E-state index in [1.54, 1.807) is 11.8 Å². The SMILES string of the molecule is CC#CCOC(=O)N1CC2CCC1CC(N1CCC3(CCN(C(=O)N(C)C)c4ccccc43)CC1)C2. The first-order valence-corrected chi connectivity index (χ1v) is 13.6. The molecule has 1 aromatic carbocycles. The van der Waals surface area contributed by atoms with Gasteiger partial charge in [0.25, 0.3) is 0 Å². The Bertz CT molecular complexity index is 1040. The summed E-state index contributed by atoms with van der Waals surface area (Å²) < 4.78 is 5.43. The van der Waals surface area contributed by atoms with Crippen LogP contribution in [0.5, 0.6) is 0 Å². The number of carbonyl (C=O) groups excluding carboxylic acids is 2. The van der Waals surface area contributed by atoms with Gasteiger partial charge in [0, 0.05) is 50.4 Å². The van der Waals surface area contributed by atoms with Crippen LogP contribution < -0.4 is 4.90 Å². The van der Waals surface area contributed by atoms with Gasteiger partial charge in [-0.25, -0.2) is 9.59 Å². The van der Waals surface area contributed by atoms with Crippen LogP contribution in [0.4, 0.5) is 15.3 Å². The smallest absolute Gasteiger partial charge is 0.410 e. The number of anilines is 1. The van der Waals surface area contributed by atoms with Gasteiger partial charge in [0.1, 0.15) is 0 Å². The maximum Gasteiger partial charge on any atom is 0.410 e. The van der Waals surface area contributed by atoms with E-state index in [1.807, 2.05) is 23.9 Å². The Kier molecular flexibility index (Phi) is 7.16. The Hall–Kier alpha value is -2.72. The van der Waals surface area contributed by atoms with E-state index in [9.17, 15) is 9.59 Å². The van der Waals surface area contributed by atoms with Gasteiger partial charge in [-0.2, -0.15) is 0 Å². The quantitative estimate of drug-likeness (QED) is 0.577. The maximum atomic E-state index is 12.8. The number of urea groups is 1. The number of fused-ring (bicyclic) bond motifs is 6. The zero-order valence-electron chi connectivity index (χ0n) is 22.0. The van der Waals surface area contributed by atoms with Crippen LogP contribution in [-0.4, -0.2) is 85.8 Å². The summed E-state index contributed by atoms with van der Waals surface area (Å²) in [6.07, 6.45) is 7.58. The third-order valence-electron chi connectivity index (χ3n) is 9.10. The van der Waals surface area contributed by atoms with Crippen molar-refractivity contribution in [3.8, 4) is 11.8 Å². The number of ether oxygens (including phenoxy) is 1. The normalized spacial score (nSPS) is 27.0. The summed E-state index contributed by atoms with van der Waals surface area (Å²) in [6, 6.07) is 9.40. The third-order valence-corrected chi connectivity index (χ3v) is 9.10. The van der Waals surface area contributed by atoms with Crippen LogP contribution in [0, 0.1) is 17.8 Å². The third kappa shape index (κ3) is 4.68. The molecular weight excluding hydrogens is 452 g/mol. The van der Waals surface area contributed by atoms with Gasteiger partial charge in [-0.3, -0.25) is 4.90 Å². The molecule has 0 N–H and O–H groups in total. The number of hydrogen-bond acceptors (Lipinski definition) is 4. The number of benzene rings is 1. The summed E-state index contributed by atoms with van der Waals surface area (Å²) in [5.74, 6) is 6.18. The lowest BCUT2D eigenvalue weighted by Crippen LogP contribution is -2.52. The lowest BCUT2D eigenvalue weighted by molar-refractivity contribution is 0.0699. The van der Waals surface area contributed by atoms with Crippen molar-refractivity contribution in [1.82, 2.24) is 14.7 Å². The molecule has 36 heavy (non-hydrogen) atoms. The first-order valence-electron chi connectivity index (χ1n) is 13.6. The van der Waals surface area contributed by atoms with Crippen molar-refractivity contribution in [2.75, 3.05) is 51.8 Å². The zero-order valence-corrected chi connectivity index (χ0v) is 22.0. The van der Waals surface area contributed by atoms with Gasteiger partial charge in [-0.1, -0.05) is 24.1 Å². The minimum atomic E-state index is -0.193. The molecule has 4 aliphatic heterocycles. The number of nitrogens with zero attached hydrogens (tertiary/aromatic N) is 4. The van der Waals surface area contributed by atoms with Crippen molar-refractivity contribution in [2.45, 2.75) is 69.4 Å². The molecule has 0 aromatic heterocycles. The number of para-hydroxylation sites is 1. The van der Waals surface area contributed by atoms with Gasteiger partial charge in [0.15, 0.2) is 6.61 Å². The highest BCUT2D eigenvalue weighted by Crippen LogP contribution is 2.47. The van der Waals surface area contributed by atoms with Gasteiger partial charge in [0.05, 0.1) is 0 Å². The number of hydrogen-bond donors (Lipinski definition) is 0. The van der Waals surface area contributed by atoms with Crippen LogP contribution in [0.2, 0.25) is 0 Å². The predicted octanol–water partition coefficient (Wildman–Crippen LogP) is 4.31. The molecule has 1 aliphatic carbocycles. The van der Waals surface area contributed by atoms with Crippen molar-refractivity contribution in [3.63, 3.8) is 0 Å². The van der Waals surface area contributed by atoms with Crippen LogP contribution in [0.1, 0.15) is 57.4 Å². The van der Waals surface area contributed by atoms with Gasteiger partial charge >= 0.3 is 12.1 Å². The fourth-order valence-electron chi connectivity index (χ4n) is 7.12. The van der Waals surface area contributed by atoms with Gasteiger partial charge in [0.2, 0.25) is 0 Å². The zero-order chi connectivity index (χ0) is 25.3. The Morgan fingerprint density at radius 3 is 2.56 bits per heavy atom. The summed E-state index contributed by atoms with van der Waals surface area (Å²) in [5, 5.41) is 0. The molecule has 0 radical (unpaired) electrons. The Morgan fingerprint density at radius 1 is 1.06 bits per heavy atom. The average molecular weight is 493 g/mol. The van der Waals surface area contributed by atoms with Crippen LogP contribution in [0.25, 0.3) is 0 Å². The molecule has 5 aliphatic rings. The second-order valence-corrected chi connectivity index (χ2v) is 11.3. The Morgan fingerprint density at radius 2 is 1.81 bits per heavy atom. The van der Waals surface area contributed by atoms with Crippen molar-refractivity contribution in [3.05, 3.63) is 29.8 Å². The van der Waals surface area contributed by atoms with Crippen molar-refractivity contribution >= 4 is 17.8 Å². The van der Waals surface area contributed by atoms with E-state index in [0.717, 1.165) is 64.0 Å². The van der Waals surface area contributed by atoms with E-state index in [4.69, 9.17) is 4.74 Å². The van der Waals surface area contributed by atoms with E-state index in [0.29, 0.717) is 12.0 Å². The van der Waals surface area contributed by atoms with E-state index in [2.05, 4.69) is 41.0 Å². The molecule has 3 unspecified atom stereocenters. The average Bonchev–Trinajstić information content (AvgIpc) is 3.22. The molecule has 194 valence electrons. The monoisotopic (exact) mass is 492 g/mol. The highest BCUT2D eigenvalue weighted by molar-refractivity contribution is 5.93. The lowest BCUT2D eigenvalue weighted by Gasteiger charge is -2.49. The topological polar surface area (TPSA) is 56.3 Å². The minimum Gasteiger partial charge on any atom is -0.436 e. The summed E-state index contributed by atoms with van der Waals surface area (Å²) in [5.41, 5.74) is 2.58. The largest absolute Gasteiger partial charge is 0.436 e. The molecule has 3 amide bonds. The highest BCUT2D eigenvalue weighted by Gasteiger charge is 2.46. The molecule has 3 saturated heterocycles. The van der Waals surface area contributed by atoms with Gasteiger partial charge in [-0.05, 0) is 82.5 Å². The van der Waals surface area contributed by atoms with Gasteiger partial charge in [-0.15, -0.1) is 5.92 Å². The number of piperidine rings is 2. The molecule has 2 bridgehead atoms. The van der Waals surface area contributed by atoms with E-state index >= 15 is 0 Å². The Balaban J connectivity index is 1.26. The molecular formula is C29H40N4O3. The van der Waals surface area contributed by atoms with Crippen molar-refractivity contribution < 1.29 is 14.3 Å². The standard InChI is InChI=1S/C29H40N4O3/c1-4-5-18-36-28(35)33-21-22-10-11-23(33)20-24(19-22)31-15-12-29(13-16-31)14-17-32(27(34)30(2)3)26-9-7-6-8-25(26)29/h6-9,22-24H,10-21H2,1-3H3.